The van der Waals surface area contributed by atoms with Crippen molar-refractivity contribution in [2.45, 2.75) is 51.3 Å². The van der Waals surface area contributed by atoms with Crippen molar-refractivity contribution in [3.05, 3.63) is 27.7 Å². The fourth-order valence-corrected chi connectivity index (χ4v) is 4.51. The number of hydrogen-bond donors (Lipinski definition) is 0. The number of hydrogen-bond acceptors (Lipinski definition) is 5. The molecule has 4 rings (SSSR count). The lowest BCUT2D eigenvalue weighted by molar-refractivity contribution is 0.0123. The van der Waals surface area contributed by atoms with Crippen LogP contribution in [0, 0.1) is 5.82 Å². The Morgan fingerprint density at radius 3 is 2.50 bits per heavy atom. The molecular formula is C19H21BrClFN4O2. The standard InChI is InChI=1S/C19H21BrClFN4O2/c1-19(2,3)28-18(27)26-10-4-5-11(26)9-25(8-10)16-12-6-14(22)13(20)7-15(12)23-17(21)24-16/h6-7,10-11H,4-5,8-9H2,1-3H3. The number of ether oxygens (including phenoxy) is 1. The molecule has 3 heterocycles. The van der Waals surface area contributed by atoms with Crippen LogP contribution in [0.4, 0.5) is 15.0 Å². The monoisotopic (exact) mass is 470 g/mol. The van der Waals surface area contributed by atoms with Gasteiger partial charge in [-0.1, -0.05) is 0 Å². The van der Waals surface area contributed by atoms with E-state index in [1.54, 1.807) is 6.07 Å². The number of aromatic nitrogens is 2. The molecule has 1 aromatic carbocycles. The highest BCUT2D eigenvalue weighted by atomic mass is 79.9. The van der Waals surface area contributed by atoms with Crippen molar-refractivity contribution in [3.63, 3.8) is 0 Å². The SMILES string of the molecule is CC(C)(C)OC(=O)N1C2CCC1CN(c1nc(Cl)nc3cc(Br)c(F)cc13)C2. The number of halogens is 3. The summed E-state index contributed by atoms with van der Waals surface area (Å²) in [6, 6.07) is 3.08. The predicted molar refractivity (Wildman–Crippen MR) is 109 cm³/mol. The number of nitrogens with zero attached hydrogens (tertiary/aromatic N) is 4. The van der Waals surface area contributed by atoms with Crippen LogP contribution in [0.15, 0.2) is 16.6 Å². The van der Waals surface area contributed by atoms with E-state index in [4.69, 9.17) is 16.3 Å². The summed E-state index contributed by atoms with van der Waals surface area (Å²) in [5, 5.41) is 0.721. The number of fused-ring (bicyclic) bond motifs is 3. The second-order valence-electron chi connectivity index (χ2n) is 8.28. The second kappa shape index (κ2) is 6.99. The molecule has 0 N–H and O–H groups in total. The third kappa shape index (κ3) is 3.64. The molecule has 2 aliphatic rings. The van der Waals surface area contributed by atoms with E-state index in [9.17, 15) is 9.18 Å². The fraction of sp³-hybridized carbons (Fsp3) is 0.526. The zero-order chi connectivity index (χ0) is 20.2. The van der Waals surface area contributed by atoms with Crippen molar-refractivity contribution in [2.24, 2.45) is 0 Å². The number of rotatable bonds is 1. The van der Waals surface area contributed by atoms with Crippen LogP contribution < -0.4 is 4.90 Å². The van der Waals surface area contributed by atoms with Gasteiger partial charge >= 0.3 is 6.09 Å². The van der Waals surface area contributed by atoms with Gasteiger partial charge in [0.15, 0.2) is 0 Å². The summed E-state index contributed by atoms with van der Waals surface area (Å²) >= 11 is 9.32. The zero-order valence-corrected chi connectivity index (χ0v) is 18.2. The van der Waals surface area contributed by atoms with Gasteiger partial charge in [0.25, 0.3) is 0 Å². The van der Waals surface area contributed by atoms with E-state index in [-0.39, 0.29) is 29.3 Å². The van der Waals surface area contributed by atoms with Crippen molar-refractivity contribution in [1.82, 2.24) is 14.9 Å². The van der Waals surface area contributed by atoms with Gasteiger partial charge < -0.3 is 9.64 Å². The van der Waals surface area contributed by atoms with Crippen molar-refractivity contribution in [2.75, 3.05) is 18.0 Å². The van der Waals surface area contributed by atoms with E-state index in [0.29, 0.717) is 34.3 Å². The Balaban J connectivity index is 1.65. The molecule has 150 valence electrons. The molecule has 9 heteroatoms. The van der Waals surface area contributed by atoms with Crippen LogP contribution in [0.1, 0.15) is 33.6 Å². The number of benzene rings is 1. The van der Waals surface area contributed by atoms with Gasteiger partial charge in [-0.25, -0.2) is 14.2 Å². The molecule has 2 fully saturated rings. The van der Waals surface area contributed by atoms with Gasteiger partial charge in [0.05, 0.1) is 22.1 Å². The lowest BCUT2D eigenvalue weighted by atomic mass is 10.1. The number of piperazine rings is 1. The largest absolute Gasteiger partial charge is 0.444 e. The van der Waals surface area contributed by atoms with Crippen LogP contribution in [0.5, 0.6) is 0 Å². The Kier molecular flexibility index (Phi) is 4.90. The lowest BCUT2D eigenvalue weighted by Gasteiger charge is -2.42. The molecule has 2 aromatic rings. The Hall–Kier alpha value is -1.67. The number of carbonyl (C=O) groups excluding carboxylic acids is 1. The summed E-state index contributed by atoms with van der Waals surface area (Å²) in [6.07, 6.45) is 1.52. The quantitative estimate of drug-likeness (QED) is 0.561. The highest BCUT2D eigenvalue weighted by Gasteiger charge is 2.44. The molecule has 0 aliphatic carbocycles. The highest BCUT2D eigenvalue weighted by molar-refractivity contribution is 9.10. The summed E-state index contributed by atoms with van der Waals surface area (Å²) in [6.45, 7) is 6.78. The van der Waals surface area contributed by atoms with E-state index in [0.717, 1.165) is 12.8 Å². The summed E-state index contributed by atoms with van der Waals surface area (Å²) in [4.78, 5) is 25.2. The Bertz CT molecular complexity index is 938. The summed E-state index contributed by atoms with van der Waals surface area (Å²) in [5.74, 6) is 0.220. The van der Waals surface area contributed by atoms with Crippen molar-refractivity contribution >= 4 is 50.3 Å². The minimum atomic E-state index is -0.533. The molecule has 0 spiro atoms. The van der Waals surface area contributed by atoms with Gasteiger partial charge in [0.2, 0.25) is 5.28 Å². The van der Waals surface area contributed by atoms with Crippen LogP contribution in [0.3, 0.4) is 0 Å². The van der Waals surface area contributed by atoms with E-state index in [1.165, 1.54) is 6.07 Å². The topological polar surface area (TPSA) is 58.6 Å². The molecule has 2 bridgehead atoms. The molecule has 28 heavy (non-hydrogen) atoms. The van der Waals surface area contributed by atoms with E-state index >= 15 is 0 Å². The van der Waals surface area contributed by atoms with Crippen LogP contribution in [0.25, 0.3) is 10.9 Å². The second-order valence-corrected chi connectivity index (χ2v) is 9.47. The molecule has 2 saturated heterocycles. The van der Waals surface area contributed by atoms with Gasteiger partial charge in [-0.05, 0) is 73.3 Å². The van der Waals surface area contributed by atoms with Crippen LogP contribution in [0.2, 0.25) is 5.28 Å². The van der Waals surface area contributed by atoms with E-state index < -0.39 is 5.60 Å². The lowest BCUT2D eigenvalue weighted by Crippen LogP contribution is -2.57. The van der Waals surface area contributed by atoms with Crippen LogP contribution >= 0.6 is 27.5 Å². The predicted octanol–water partition coefficient (Wildman–Crippen LogP) is 4.77. The first-order valence-electron chi connectivity index (χ1n) is 9.21. The number of anilines is 1. The molecule has 0 saturated carbocycles. The first-order valence-corrected chi connectivity index (χ1v) is 10.4. The summed E-state index contributed by atoms with van der Waals surface area (Å²) in [5.41, 5.74) is 0.0415. The van der Waals surface area contributed by atoms with Crippen molar-refractivity contribution in [1.29, 1.82) is 0 Å². The molecule has 2 unspecified atom stereocenters. The van der Waals surface area contributed by atoms with E-state index in [2.05, 4.69) is 30.8 Å². The maximum atomic E-state index is 14.2. The van der Waals surface area contributed by atoms with Gasteiger partial charge in [0.1, 0.15) is 17.2 Å². The first-order chi connectivity index (χ1) is 13.1. The maximum absolute atomic E-state index is 14.2. The minimum absolute atomic E-state index is 0.0256. The third-order valence-electron chi connectivity index (χ3n) is 5.08. The Morgan fingerprint density at radius 1 is 1.25 bits per heavy atom. The minimum Gasteiger partial charge on any atom is -0.444 e. The van der Waals surface area contributed by atoms with E-state index in [1.807, 2.05) is 25.7 Å². The Labute approximate surface area is 176 Å². The Morgan fingerprint density at radius 2 is 1.89 bits per heavy atom. The molecule has 2 atom stereocenters. The van der Waals surface area contributed by atoms with Crippen molar-refractivity contribution < 1.29 is 13.9 Å². The molecule has 1 amide bonds. The number of carbonyl (C=O) groups is 1. The van der Waals surface area contributed by atoms with Crippen LogP contribution in [-0.4, -0.2) is 51.7 Å². The van der Waals surface area contributed by atoms with Gasteiger partial charge in [0, 0.05) is 18.5 Å². The fourth-order valence-electron chi connectivity index (χ4n) is 4.01. The molecule has 1 aromatic heterocycles. The molecule has 0 radical (unpaired) electrons. The summed E-state index contributed by atoms with van der Waals surface area (Å²) in [7, 11) is 0. The molecular weight excluding hydrogens is 451 g/mol. The van der Waals surface area contributed by atoms with Gasteiger partial charge in [-0.2, -0.15) is 4.98 Å². The average Bonchev–Trinajstić information content (AvgIpc) is 2.85. The molecule has 6 nitrogen and oxygen atoms in total. The maximum Gasteiger partial charge on any atom is 0.410 e. The normalized spacial score (nSPS) is 22.1. The number of amides is 1. The van der Waals surface area contributed by atoms with Crippen LogP contribution in [-0.2, 0) is 4.74 Å². The first kappa shape index (κ1) is 19.6. The summed E-state index contributed by atoms with van der Waals surface area (Å²) < 4.78 is 20.1. The average molecular weight is 472 g/mol. The van der Waals surface area contributed by atoms with Crippen molar-refractivity contribution in [3.8, 4) is 0 Å². The molecule has 2 aliphatic heterocycles. The zero-order valence-electron chi connectivity index (χ0n) is 15.9. The van der Waals surface area contributed by atoms with Gasteiger partial charge in [-0.15, -0.1) is 0 Å². The smallest absolute Gasteiger partial charge is 0.410 e. The third-order valence-corrected chi connectivity index (χ3v) is 5.85. The highest BCUT2D eigenvalue weighted by Crippen LogP contribution is 2.36. The van der Waals surface area contributed by atoms with Gasteiger partial charge in [-0.3, -0.25) is 4.90 Å².